The van der Waals surface area contributed by atoms with Crippen molar-refractivity contribution < 1.29 is 13.9 Å². The van der Waals surface area contributed by atoms with Crippen molar-refractivity contribution in [2.45, 2.75) is 13.0 Å². The first kappa shape index (κ1) is 18.2. The van der Waals surface area contributed by atoms with E-state index in [1.165, 1.54) is 12.1 Å². The van der Waals surface area contributed by atoms with Crippen LogP contribution in [0, 0.1) is 5.82 Å². The molecule has 1 unspecified atom stereocenters. The Labute approximate surface area is 153 Å². The molecule has 0 spiro atoms. The lowest BCUT2D eigenvalue weighted by Crippen LogP contribution is -2.52. The SMILES string of the molecule is COc1ccccc1N1CCN(C(C)C(=O)Nc2cccc(F)c2)CC1. The number of halogens is 1. The molecule has 1 atom stereocenters. The van der Waals surface area contributed by atoms with E-state index in [1.54, 1.807) is 19.2 Å². The average Bonchev–Trinajstić information content (AvgIpc) is 2.67. The molecule has 1 saturated heterocycles. The third-order valence-electron chi connectivity index (χ3n) is 4.76. The number of anilines is 2. The van der Waals surface area contributed by atoms with Crippen LogP contribution >= 0.6 is 0 Å². The summed E-state index contributed by atoms with van der Waals surface area (Å²) in [7, 11) is 1.67. The van der Waals surface area contributed by atoms with Gasteiger partial charge in [-0.15, -0.1) is 0 Å². The molecule has 1 aliphatic heterocycles. The summed E-state index contributed by atoms with van der Waals surface area (Å²) in [6.45, 7) is 5.06. The van der Waals surface area contributed by atoms with E-state index < -0.39 is 0 Å². The van der Waals surface area contributed by atoms with Gasteiger partial charge in [-0.25, -0.2) is 4.39 Å². The maximum absolute atomic E-state index is 13.3. The topological polar surface area (TPSA) is 44.8 Å². The van der Waals surface area contributed by atoms with Gasteiger partial charge in [-0.05, 0) is 37.3 Å². The van der Waals surface area contributed by atoms with E-state index in [2.05, 4.69) is 21.2 Å². The van der Waals surface area contributed by atoms with Crippen molar-refractivity contribution in [2.24, 2.45) is 0 Å². The molecule has 0 aliphatic carbocycles. The second-order valence-corrected chi connectivity index (χ2v) is 6.37. The zero-order valence-corrected chi connectivity index (χ0v) is 15.1. The van der Waals surface area contributed by atoms with E-state index >= 15 is 0 Å². The second kappa shape index (κ2) is 8.19. The van der Waals surface area contributed by atoms with E-state index in [9.17, 15) is 9.18 Å². The van der Waals surface area contributed by atoms with Crippen LogP contribution in [0.3, 0.4) is 0 Å². The summed E-state index contributed by atoms with van der Waals surface area (Å²) < 4.78 is 18.7. The number of rotatable bonds is 5. The number of hydrogen-bond donors (Lipinski definition) is 1. The van der Waals surface area contributed by atoms with Crippen LogP contribution in [0.2, 0.25) is 0 Å². The van der Waals surface area contributed by atoms with Gasteiger partial charge in [0.1, 0.15) is 11.6 Å². The highest BCUT2D eigenvalue weighted by atomic mass is 19.1. The number of nitrogens with one attached hydrogen (secondary N) is 1. The zero-order valence-electron chi connectivity index (χ0n) is 15.1. The molecule has 5 nitrogen and oxygen atoms in total. The highest BCUT2D eigenvalue weighted by molar-refractivity contribution is 5.94. The molecule has 0 saturated carbocycles. The third kappa shape index (κ3) is 4.14. The number of carbonyl (C=O) groups excluding carboxylic acids is 1. The van der Waals surface area contributed by atoms with Gasteiger partial charge in [0.15, 0.2) is 0 Å². The van der Waals surface area contributed by atoms with Crippen LogP contribution < -0.4 is 15.0 Å². The van der Waals surface area contributed by atoms with Crippen molar-refractivity contribution >= 4 is 17.3 Å². The lowest BCUT2D eigenvalue weighted by Gasteiger charge is -2.38. The summed E-state index contributed by atoms with van der Waals surface area (Å²) in [4.78, 5) is 16.9. The van der Waals surface area contributed by atoms with Crippen molar-refractivity contribution in [3.05, 3.63) is 54.3 Å². The monoisotopic (exact) mass is 357 g/mol. The molecule has 2 aromatic rings. The van der Waals surface area contributed by atoms with Crippen molar-refractivity contribution in [1.29, 1.82) is 0 Å². The maximum atomic E-state index is 13.3. The van der Waals surface area contributed by atoms with Crippen molar-refractivity contribution in [1.82, 2.24) is 4.90 Å². The molecule has 1 heterocycles. The zero-order chi connectivity index (χ0) is 18.5. The van der Waals surface area contributed by atoms with Crippen LogP contribution in [0.15, 0.2) is 48.5 Å². The molecular formula is C20H24FN3O2. The molecule has 0 aromatic heterocycles. The van der Waals surface area contributed by atoms with E-state index in [-0.39, 0.29) is 17.8 Å². The first-order valence-corrected chi connectivity index (χ1v) is 8.77. The van der Waals surface area contributed by atoms with Gasteiger partial charge < -0.3 is 15.0 Å². The minimum atomic E-state index is -0.360. The van der Waals surface area contributed by atoms with Gasteiger partial charge in [-0.2, -0.15) is 0 Å². The molecule has 1 fully saturated rings. The molecular weight excluding hydrogens is 333 g/mol. The van der Waals surface area contributed by atoms with Crippen LogP contribution in [0.4, 0.5) is 15.8 Å². The molecule has 138 valence electrons. The highest BCUT2D eigenvalue weighted by Gasteiger charge is 2.26. The molecule has 26 heavy (non-hydrogen) atoms. The van der Waals surface area contributed by atoms with Gasteiger partial charge in [0.25, 0.3) is 0 Å². The van der Waals surface area contributed by atoms with E-state index in [0.29, 0.717) is 5.69 Å². The normalized spacial score (nSPS) is 16.2. The number of carbonyl (C=O) groups is 1. The number of hydrogen-bond acceptors (Lipinski definition) is 4. The smallest absolute Gasteiger partial charge is 0.241 e. The van der Waals surface area contributed by atoms with E-state index in [4.69, 9.17) is 4.74 Å². The first-order chi connectivity index (χ1) is 12.6. The minimum Gasteiger partial charge on any atom is -0.495 e. The molecule has 1 aliphatic rings. The largest absolute Gasteiger partial charge is 0.495 e. The van der Waals surface area contributed by atoms with Crippen molar-refractivity contribution in [3.63, 3.8) is 0 Å². The van der Waals surface area contributed by atoms with Gasteiger partial charge in [-0.1, -0.05) is 18.2 Å². The number of benzene rings is 2. The Hall–Kier alpha value is -2.60. The fourth-order valence-electron chi connectivity index (χ4n) is 3.22. The molecule has 0 radical (unpaired) electrons. The van der Waals surface area contributed by atoms with Gasteiger partial charge in [0, 0.05) is 31.9 Å². The standard InChI is InChI=1S/C20H24FN3O2/c1-15(20(25)22-17-7-5-6-16(21)14-17)23-10-12-24(13-11-23)18-8-3-4-9-19(18)26-2/h3-9,14-15H,10-13H2,1-2H3,(H,22,25). The second-order valence-electron chi connectivity index (χ2n) is 6.37. The Bertz CT molecular complexity index is 760. The summed E-state index contributed by atoms with van der Waals surface area (Å²) in [5, 5.41) is 2.79. The highest BCUT2D eigenvalue weighted by Crippen LogP contribution is 2.28. The first-order valence-electron chi connectivity index (χ1n) is 8.77. The fraction of sp³-hybridized carbons (Fsp3) is 0.350. The molecule has 2 aromatic carbocycles. The minimum absolute atomic E-state index is 0.124. The number of nitrogens with zero attached hydrogens (tertiary/aromatic N) is 2. The lowest BCUT2D eigenvalue weighted by atomic mass is 10.2. The number of amides is 1. The Kier molecular flexibility index (Phi) is 5.73. The third-order valence-corrected chi connectivity index (χ3v) is 4.76. The van der Waals surface area contributed by atoms with Gasteiger partial charge >= 0.3 is 0 Å². The van der Waals surface area contributed by atoms with Crippen LogP contribution in [-0.2, 0) is 4.79 Å². The summed E-state index contributed by atoms with van der Waals surface area (Å²) in [6, 6.07) is 13.6. The summed E-state index contributed by atoms with van der Waals surface area (Å²) >= 11 is 0. The Morgan fingerprint density at radius 1 is 1.12 bits per heavy atom. The fourth-order valence-corrected chi connectivity index (χ4v) is 3.22. The Morgan fingerprint density at radius 2 is 1.85 bits per heavy atom. The average molecular weight is 357 g/mol. The van der Waals surface area contributed by atoms with Gasteiger partial charge in [0.2, 0.25) is 5.91 Å². The summed E-state index contributed by atoms with van der Waals surface area (Å²) in [5.41, 5.74) is 1.56. The quantitative estimate of drug-likeness (QED) is 0.894. The number of ether oxygens (including phenoxy) is 1. The molecule has 0 bridgehead atoms. The number of methoxy groups -OCH3 is 1. The summed E-state index contributed by atoms with van der Waals surface area (Å²) in [6.07, 6.45) is 0. The van der Waals surface area contributed by atoms with Crippen LogP contribution in [0.25, 0.3) is 0 Å². The van der Waals surface area contributed by atoms with Crippen molar-refractivity contribution in [3.8, 4) is 5.75 Å². The molecule has 6 heteroatoms. The number of para-hydroxylation sites is 2. The maximum Gasteiger partial charge on any atom is 0.241 e. The molecule has 1 amide bonds. The van der Waals surface area contributed by atoms with E-state index in [1.807, 2.05) is 25.1 Å². The van der Waals surface area contributed by atoms with Gasteiger partial charge in [0.05, 0.1) is 18.8 Å². The number of piperazine rings is 1. The Balaban J connectivity index is 1.58. The lowest BCUT2D eigenvalue weighted by molar-refractivity contribution is -0.120. The molecule has 3 rings (SSSR count). The Morgan fingerprint density at radius 3 is 2.54 bits per heavy atom. The van der Waals surface area contributed by atoms with Crippen LogP contribution in [0.5, 0.6) is 5.75 Å². The summed E-state index contributed by atoms with van der Waals surface area (Å²) in [5.74, 6) is 0.375. The van der Waals surface area contributed by atoms with Crippen LogP contribution in [-0.4, -0.2) is 50.1 Å². The predicted molar refractivity (Wildman–Crippen MR) is 101 cm³/mol. The van der Waals surface area contributed by atoms with Crippen molar-refractivity contribution in [2.75, 3.05) is 43.5 Å². The predicted octanol–water partition coefficient (Wildman–Crippen LogP) is 2.98. The van der Waals surface area contributed by atoms with Crippen LogP contribution in [0.1, 0.15) is 6.92 Å². The molecule has 1 N–H and O–H groups in total. The van der Waals surface area contributed by atoms with Gasteiger partial charge in [-0.3, -0.25) is 9.69 Å². The van der Waals surface area contributed by atoms with E-state index in [0.717, 1.165) is 37.6 Å².